The zero-order valence-electron chi connectivity index (χ0n) is 14.6. The zero-order chi connectivity index (χ0) is 17.5. The van der Waals surface area contributed by atoms with E-state index >= 15 is 0 Å². The summed E-state index contributed by atoms with van der Waals surface area (Å²) in [4.78, 5) is 19.1. The van der Waals surface area contributed by atoms with Crippen LogP contribution in [-0.2, 0) is 23.2 Å². The molecule has 1 atom stereocenters. The smallest absolute Gasteiger partial charge is 0.261 e. The summed E-state index contributed by atoms with van der Waals surface area (Å²) in [6.45, 7) is 4.35. The summed E-state index contributed by atoms with van der Waals surface area (Å²) in [6.07, 6.45) is 3.80. The second kappa shape index (κ2) is 5.62. The Kier molecular flexibility index (Phi) is 3.87. The van der Waals surface area contributed by atoms with E-state index in [9.17, 15) is 4.79 Å². The van der Waals surface area contributed by atoms with Crippen LogP contribution in [0.5, 0.6) is 0 Å². The van der Waals surface area contributed by atoms with E-state index in [4.69, 9.17) is 11.0 Å². The molecule has 1 amide bonds. The monoisotopic (exact) mass is 324 g/mol. The molecule has 5 heteroatoms. The first kappa shape index (κ1) is 16.5. The van der Waals surface area contributed by atoms with Crippen LogP contribution in [0.1, 0.15) is 49.8 Å². The van der Waals surface area contributed by atoms with Crippen LogP contribution >= 0.6 is 0 Å². The van der Waals surface area contributed by atoms with E-state index in [0.717, 1.165) is 30.4 Å². The first-order valence-electron chi connectivity index (χ1n) is 8.42. The molecular weight excluding hydrogens is 300 g/mol. The summed E-state index contributed by atoms with van der Waals surface area (Å²) in [6, 6.07) is 8.52. The number of hydrogen-bond acceptors (Lipinski definition) is 4. The van der Waals surface area contributed by atoms with Crippen LogP contribution in [0.2, 0.25) is 0 Å². The van der Waals surface area contributed by atoms with Gasteiger partial charge in [-0.05, 0) is 47.8 Å². The Bertz CT molecular complexity index is 759. The van der Waals surface area contributed by atoms with Crippen LogP contribution in [0.4, 0.5) is 0 Å². The third kappa shape index (κ3) is 2.56. The number of carbonyl (C=O) groups is 1. The van der Waals surface area contributed by atoms with Crippen molar-refractivity contribution >= 4 is 11.9 Å². The van der Waals surface area contributed by atoms with Crippen LogP contribution in [-0.4, -0.2) is 23.8 Å². The van der Waals surface area contributed by atoms with E-state index in [1.54, 1.807) is 7.05 Å². The number of nitrogens with zero attached hydrogens (tertiary/aromatic N) is 3. The molecule has 2 aliphatic rings. The van der Waals surface area contributed by atoms with Gasteiger partial charge < -0.3 is 5.73 Å². The van der Waals surface area contributed by atoms with Crippen molar-refractivity contribution in [2.75, 3.05) is 7.05 Å². The van der Waals surface area contributed by atoms with Crippen LogP contribution < -0.4 is 5.73 Å². The lowest BCUT2D eigenvalue weighted by Crippen LogP contribution is -2.46. The number of carbonyl (C=O) groups excluding carboxylic acids is 1. The Labute approximate surface area is 143 Å². The number of benzene rings is 1. The van der Waals surface area contributed by atoms with Crippen LogP contribution in [0.25, 0.3) is 0 Å². The highest BCUT2D eigenvalue weighted by molar-refractivity contribution is 6.07. The maximum absolute atomic E-state index is 13.0. The number of amides is 1. The molecule has 0 saturated carbocycles. The fourth-order valence-corrected chi connectivity index (χ4v) is 4.05. The van der Waals surface area contributed by atoms with Gasteiger partial charge in [-0.25, -0.2) is 4.99 Å². The SMILES string of the molecule is CN1C(=O)C2(CC(C)(C)Cc3ccc(CCCC#N)cc32)N=C1N. The molecule has 1 aliphatic carbocycles. The molecule has 5 nitrogen and oxygen atoms in total. The molecule has 1 heterocycles. The van der Waals surface area contributed by atoms with Crippen molar-refractivity contribution in [3.63, 3.8) is 0 Å². The molecule has 1 aliphatic heterocycles. The molecule has 24 heavy (non-hydrogen) atoms. The van der Waals surface area contributed by atoms with Crippen molar-refractivity contribution in [3.8, 4) is 6.07 Å². The Hall–Kier alpha value is -2.35. The number of aryl methyl sites for hydroxylation is 1. The van der Waals surface area contributed by atoms with Crippen molar-refractivity contribution in [1.29, 1.82) is 5.26 Å². The standard InChI is InChI=1S/C19H24N4O/c1-18(2)11-14-8-7-13(6-4-5-9-20)10-15(14)19(12-18)16(24)23(3)17(21)22-19/h7-8,10H,4-6,11-12H2,1-3H3,(H2,21,22). The van der Waals surface area contributed by atoms with E-state index in [2.05, 4.69) is 43.1 Å². The fourth-order valence-electron chi connectivity index (χ4n) is 4.05. The Balaban J connectivity index is 2.08. The van der Waals surface area contributed by atoms with Crippen LogP contribution in [0.15, 0.2) is 23.2 Å². The maximum atomic E-state index is 13.0. The quantitative estimate of drug-likeness (QED) is 0.867. The molecule has 126 valence electrons. The summed E-state index contributed by atoms with van der Waals surface area (Å²) < 4.78 is 0. The van der Waals surface area contributed by atoms with Gasteiger partial charge in [0, 0.05) is 13.5 Å². The van der Waals surface area contributed by atoms with Gasteiger partial charge in [0.1, 0.15) is 0 Å². The topological polar surface area (TPSA) is 82.5 Å². The third-order valence-electron chi connectivity index (χ3n) is 5.08. The van der Waals surface area contributed by atoms with Crippen molar-refractivity contribution < 1.29 is 4.79 Å². The molecular formula is C19H24N4O. The van der Waals surface area contributed by atoms with Crippen LogP contribution in [0, 0.1) is 16.7 Å². The van der Waals surface area contributed by atoms with E-state index in [0.29, 0.717) is 18.8 Å². The second-order valence-corrected chi connectivity index (χ2v) is 7.72. The number of aliphatic imine (C=N–C) groups is 1. The maximum Gasteiger partial charge on any atom is 0.261 e. The van der Waals surface area contributed by atoms with Crippen molar-refractivity contribution in [1.82, 2.24) is 4.90 Å². The molecule has 3 rings (SSSR count). The van der Waals surface area contributed by atoms with Gasteiger partial charge in [0.2, 0.25) is 0 Å². The van der Waals surface area contributed by atoms with Crippen LogP contribution in [0.3, 0.4) is 0 Å². The Morgan fingerprint density at radius 1 is 1.42 bits per heavy atom. The average Bonchev–Trinajstić information content (AvgIpc) is 2.72. The lowest BCUT2D eigenvalue weighted by Gasteiger charge is -2.41. The number of fused-ring (bicyclic) bond motifs is 2. The molecule has 1 unspecified atom stereocenters. The molecule has 0 fully saturated rings. The summed E-state index contributed by atoms with van der Waals surface area (Å²) in [5, 5.41) is 8.72. The summed E-state index contributed by atoms with van der Waals surface area (Å²) >= 11 is 0. The van der Waals surface area contributed by atoms with Crippen molar-refractivity contribution in [2.45, 2.75) is 51.5 Å². The average molecular weight is 324 g/mol. The van der Waals surface area contributed by atoms with Gasteiger partial charge in [0.05, 0.1) is 6.07 Å². The van der Waals surface area contributed by atoms with E-state index in [1.165, 1.54) is 10.5 Å². The van der Waals surface area contributed by atoms with E-state index < -0.39 is 5.54 Å². The first-order valence-corrected chi connectivity index (χ1v) is 8.42. The molecule has 0 saturated heterocycles. The van der Waals surface area contributed by atoms with E-state index in [-0.39, 0.29) is 11.3 Å². The Morgan fingerprint density at radius 2 is 2.17 bits per heavy atom. The number of nitriles is 1. The van der Waals surface area contributed by atoms with Gasteiger partial charge in [0.15, 0.2) is 11.5 Å². The Morgan fingerprint density at radius 3 is 2.79 bits per heavy atom. The number of hydrogen-bond donors (Lipinski definition) is 1. The third-order valence-corrected chi connectivity index (χ3v) is 5.08. The molecule has 0 radical (unpaired) electrons. The summed E-state index contributed by atoms with van der Waals surface area (Å²) in [7, 11) is 1.69. The zero-order valence-corrected chi connectivity index (χ0v) is 14.6. The van der Waals surface area contributed by atoms with Gasteiger partial charge in [-0.15, -0.1) is 0 Å². The molecule has 0 bridgehead atoms. The van der Waals surface area contributed by atoms with Gasteiger partial charge in [-0.1, -0.05) is 32.0 Å². The predicted molar refractivity (Wildman–Crippen MR) is 93.2 cm³/mol. The van der Waals surface area contributed by atoms with Gasteiger partial charge in [0.25, 0.3) is 5.91 Å². The molecule has 1 aromatic rings. The molecule has 1 aromatic carbocycles. The highest BCUT2D eigenvalue weighted by Crippen LogP contribution is 2.49. The van der Waals surface area contributed by atoms with Gasteiger partial charge in [-0.3, -0.25) is 9.69 Å². The first-order chi connectivity index (χ1) is 11.3. The van der Waals surface area contributed by atoms with Crippen molar-refractivity contribution in [3.05, 3.63) is 34.9 Å². The minimum atomic E-state index is -0.888. The highest BCUT2D eigenvalue weighted by Gasteiger charge is 2.54. The number of unbranched alkanes of at least 4 members (excludes halogenated alkanes) is 1. The molecule has 2 N–H and O–H groups in total. The minimum absolute atomic E-state index is 0.0139. The van der Waals surface area contributed by atoms with Gasteiger partial charge in [-0.2, -0.15) is 5.26 Å². The number of guanidine groups is 1. The summed E-state index contributed by atoms with van der Waals surface area (Å²) in [5.41, 5.74) is 8.40. The molecule has 1 spiro atoms. The fraction of sp³-hybridized carbons (Fsp3) is 0.526. The highest BCUT2D eigenvalue weighted by atomic mass is 16.2. The second-order valence-electron chi connectivity index (χ2n) is 7.72. The van der Waals surface area contributed by atoms with Crippen molar-refractivity contribution in [2.24, 2.45) is 16.1 Å². The number of rotatable bonds is 3. The van der Waals surface area contributed by atoms with E-state index in [1.807, 2.05) is 0 Å². The summed E-state index contributed by atoms with van der Waals surface area (Å²) in [5.74, 6) is 0.252. The lowest BCUT2D eigenvalue weighted by atomic mass is 9.65. The predicted octanol–water partition coefficient (Wildman–Crippen LogP) is 2.49. The number of nitrogens with two attached hydrogens (primary N) is 1. The molecule has 0 aromatic heterocycles. The largest absolute Gasteiger partial charge is 0.369 e. The number of likely N-dealkylation sites (N-methyl/N-ethyl adjacent to an activating group) is 1. The lowest BCUT2D eigenvalue weighted by molar-refractivity contribution is -0.132. The normalized spacial score (nSPS) is 24.7. The van der Waals surface area contributed by atoms with Gasteiger partial charge >= 0.3 is 0 Å². The minimum Gasteiger partial charge on any atom is -0.369 e.